The lowest BCUT2D eigenvalue weighted by atomic mass is 10.1. The van der Waals surface area contributed by atoms with E-state index in [2.05, 4.69) is 20.8 Å². The maximum absolute atomic E-state index is 11.8. The maximum Gasteiger partial charge on any atom is 0.330 e. The molecule has 0 spiro atoms. The number of carbonyl (C=O) groups excluding carboxylic acids is 1. The molecule has 0 saturated carbocycles. The molecule has 0 aliphatic carbocycles. The molecule has 0 radical (unpaired) electrons. The first kappa shape index (κ1) is 34.1. The summed E-state index contributed by atoms with van der Waals surface area (Å²) >= 11 is 0. The molecule has 0 saturated heterocycles. The number of hydrogen-bond acceptors (Lipinski definition) is 3. The van der Waals surface area contributed by atoms with Crippen LogP contribution in [0.15, 0.2) is 12.2 Å². The Morgan fingerprint density at radius 3 is 1.43 bits per heavy atom. The number of allylic oxidation sites excluding steroid dienone is 1. The van der Waals surface area contributed by atoms with Crippen molar-refractivity contribution in [2.24, 2.45) is 0 Å². The molecule has 0 amide bonds. The zero-order valence-corrected chi connectivity index (χ0v) is 24.2. The predicted octanol–water partition coefficient (Wildman–Crippen LogP) is 8.36. The summed E-state index contributed by atoms with van der Waals surface area (Å²) in [6, 6.07) is 0. The molecule has 0 rings (SSSR count). The van der Waals surface area contributed by atoms with Crippen molar-refractivity contribution in [1.82, 2.24) is 0 Å². The smallest absolute Gasteiger partial charge is 0.330 e. The number of carbonyl (C=O) groups is 1. The normalized spacial score (nSPS) is 12.9. The van der Waals surface area contributed by atoms with Gasteiger partial charge in [0.25, 0.3) is 0 Å². The van der Waals surface area contributed by atoms with Crippen LogP contribution in [0, 0.1) is 0 Å². The van der Waals surface area contributed by atoms with E-state index in [-0.39, 0.29) is 12.6 Å². The highest BCUT2D eigenvalue weighted by atomic mass is 16.5. The molecule has 0 aliphatic rings. The molecule has 0 fully saturated rings. The third kappa shape index (κ3) is 21.0. The predicted molar refractivity (Wildman–Crippen MR) is 152 cm³/mol. The van der Waals surface area contributed by atoms with Gasteiger partial charge in [0.1, 0.15) is 19.3 Å². The lowest BCUT2D eigenvalue weighted by Gasteiger charge is -2.40. The average Bonchev–Trinajstić information content (AvgIpc) is 2.84. The molecule has 4 heteroatoms. The van der Waals surface area contributed by atoms with Crippen molar-refractivity contribution in [2.75, 3.05) is 32.8 Å². The Kier molecular flexibility index (Phi) is 24.2. The van der Waals surface area contributed by atoms with Gasteiger partial charge in [0.2, 0.25) is 0 Å². The first-order chi connectivity index (χ1) is 17.0. The Bertz CT molecular complexity index is 451. The van der Waals surface area contributed by atoms with Gasteiger partial charge in [-0.05, 0) is 45.4 Å². The standard InChI is InChI=1S/C31H62NO3/c1-5-9-12-15-18-21-25-32(26-22-19-16-13-10-6-2,27-23-20-17-14-11-7-3)28-30(33)29-35-31(34)24-8-4/h8,24,30,33H,5-7,9-23,25-29H2,1-4H3/q+1. The molecule has 0 aromatic heterocycles. The van der Waals surface area contributed by atoms with E-state index in [4.69, 9.17) is 4.74 Å². The van der Waals surface area contributed by atoms with E-state index in [9.17, 15) is 9.90 Å². The zero-order valence-electron chi connectivity index (χ0n) is 24.2. The second-order valence-electron chi connectivity index (χ2n) is 10.8. The highest BCUT2D eigenvalue weighted by Crippen LogP contribution is 2.20. The van der Waals surface area contributed by atoms with Crippen LogP contribution in [-0.4, -0.2) is 54.4 Å². The van der Waals surface area contributed by atoms with Gasteiger partial charge in [0, 0.05) is 6.08 Å². The van der Waals surface area contributed by atoms with E-state index in [0.717, 1.165) is 24.1 Å². The number of ether oxygens (including phenoxy) is 1. The molecule has 0 bridgehead atoms. The Labute approximate surface area is 219 Å². The van der Waals surface area contributed by atoms with Crippen molar-refractivity contribution in [1.29, 1.82) is 0 Å². The maximum atomic E-state index is 11.8. The number of unbranched alkanes of at least 4 members (excludes halogenated alkanes) is 15. The summed E-state index contributed by atoms with van der Waals surface area (Å²) in [6.07, 6.45) is 26.0. The summed E-state index contributed by atoms with van der Waals surface area (Å²) in [5.41, 5.74) is 0. The number of aliphatic hydroxyl groups is 1. The lowest BCUT2D eigenvalue weighted by molar-refractivity contribution is -0.931. The second-order valence-corrected chi connectivity index (χ2v) is 10.8. The largest absolute Gasteiger partial charge is 0.460 e. The Morgan fingerprint density at radius 1 is 0.686 bits per heavy atom. The molecule has 0 aromatic rings. The quantitative estimate of drug-likeness (QED) is 0.0566. The molecular formula is C31H62NO3+. The van der Waals surface area contributed by atoms with Crippen molar-refractivity contribution in [3.05, 3.63) is 12.2 Å². The fraction of sp³-hybridized carbons (Fsp3) is 0.903. The molecule has 1 atom stereocenters. The SMILES string of the molecule is CC=CC(=O)OCC(O)C[N+](CCCCCCCC)(CCCCCCCC)CCCCCCCC. The molecule has 1 N–H and O–H groups in total. The monoisotopic (exact) mass is 496 g/mol. The molecule has 0 heterocycles. The average molecular weight is 497 g/mol. The highest BCUT2D eigenvalue weighted by molar-refractivity contribution is 5.81. The van der Waals surface area contributed by atoms with Crippen LogP contribution in [0.5, 0.6) is 0 Å². The minimum atomic E-state index is -0.593. The van der Waals surface area contributed by atoms with Gasteiger partial charge in [-0.3, -0.25) is 0 Å². The molecule has 208 valence electrons. The number of nitrogens with zero attached hydrogens (tertiary/aromatic N) is 1. The zero-order chi connectivity index (χ0) is 26.0. The summed E-state index contributed by atoms with van der Waals surface area (Å²) in [5, 5.41) is 10.9. The van der Waals surface area contributed by atoms with E-state index in [1.54, 1.807) is 13.0 Å². The van der Waals surface area contributed by atoms with Crippen LogP contribution >= 0.6 is 0 Å². The van der Waals surface area contributed by atoms with Crippen molar-refractivity contribution < 1.29 is 19.1 Å². The van der Waals surface area contributed by atoms with Crippen LogP contribution in [0.2, 0.25) is 0 Å². The van der Waals surface area contributed by atoms with Gasteiger partial charge in [-0.25, -0.2) is 4.79 Å². The minimum absolute atomic E-state index is 0.104. The molecule has 35 heavy (non-hydrogen) atoms. The number of quaternary nitrogens is 1. The fourth-order valence-electron chi connectivity index (χ4n) is 5.15. The number of aliphatic hydroxyl groups excluding tert-OH is 1. The molecular weight excluding hydrogens is 434 g/mol. The molecule has 4 nitrogen and oxygen atoms in total. The minimum Gasteiger partial charge on any atom is -0.460 e. The summed E-state index contributed by atoms with van der Waals surface area (Å²) in [7, 11) is 0. The van der Waals surface area contributed by atoms with E-state index in [1.807, 2.05) is 0 Å². The van der Waals surface area contributed by atoms with Crippen LogP contribution in [0.3, 0.4) is 0 Å². The van der Waals surface area contributed by atoms with Gasteiger partial charge < -0.3 is 14.3 Å². The first-order valence-electron chi connectivity index (χ1n) is 15.4. The van der Waals surface area contributed by atoms with Gasteiger partial charge in [-0.15, -0.1) is 0 Å². The molecule has 0 aromatic carbocycles. The number of esters is 1. The third-order valence-corrected chi connectivity index (χ3v) is 7.28. The van der Waals surface area contributed by atoms with Gasteiger partial charge in [0.05, 0.1) is 19.6 Å². The van der Waals surface area contributed by atoms with Crippen molar-refractivity contribution in [2.45, 2.75) is 149 Å². The summed E-state index contributed by atoms with van der Waals surface area (Å²) < 4.78 is 6.31. The fourth-order valence-corrected chi connectivity index (χ4v) is 5.15. The van der Waals surface area contributed by atoms with Gasteiger partial charge >= 0.3 is 5.97 Å². The molecule has 1 unspecified atom stereocenters. The van der Waals surface area contributed by atoms with E-state index >= 15 is 0 Å². The lowest BCUT2D eigenvalue weighted by Crippen LogP contribution is -2.54. The third-order valence-electron chi connectivity index (χ3n) is 7.28. The van der Waals surface area contributed by atoms with Crippen molar-refractivity contribution >= 4 is 5.97 Å². The Hall–Kier alpha value is -0.870. The summed E-state index contributed by atoms with van der Waals surface area (Å²) in [4.78, 5) is 11.8. The Morgan fingerprint density at radius 2 is 1.06 bits per heavy atom. The topological polar surface area (TPSA) is 46.5 Å². The van der Waals surface area contributed by atoms with Crippen LogP contribution in [0.25, 0.3) is 0 Å². The highest BCUT2D eigenvalue weighted by Gasteiger charge is 2.30. The second kappa shape index (κ2) is 24.8. The van der Waals surface area contributed by atoms with E-state index < -0.39 is 6.10 Å². The van der Waals surface area contributed by atoms with Crippen LogP contribution in [0.4, 0.5) is 0 Å². The van der Waals surface area contributed by atoms with Crippen molar-refractivity contribution in [3.63, 3.8) is 0 Å². The first-order valence-corrected chi connectivity index (χ1v) is 15.4. The summed E-state index contributed by atoms with van der Waals surface area (Å²) in [6.45, 7) is 12.9. The van der Waals surface area contributed by atoms with Crippen LogP contribution < -0.4 is 0 Å². The van der Waals surface area contributed by atoms with Gasteiger partial charge in [-0.1, -0.05) is 104 Å². The molecule has 0 aliphatic heterocycles. The Balaban J connectivity index is 5.08. The van der Waals surface area contributed by atoms with Gasteiger partial charge in [0.15, 0.2) is 0 Å². The van der Waals surface area contributed by atoms with Crippen molar-refractivity contribution in [3.8, 4) is 0 Å². The van der Waals surface area contributed by atoms with Crippen LogP contribution in [0.1, 0.15) is 143 Å². The van der Waals surface area contributed by atoms with Gasteiger partial charge in [-0.2, -0.15) is 0 Å². The number of rotatable bonds is 26. The van der Waals surface area contributed by atoms with E-state index in [1.165, 1.54) is 122 Å². The van der Waals surface area contributed by atoms with E-state index in [0.29, 0.717) is 6.54 Å². The summed E-state index contributed by atoms with van der Waals surface area (Å²) in [5.74, 6) is -0.354. The number of hydrogen-bond donors (Lipinski definition) is 1. The van der Waals surface area contributed by atoms with Crippen LogP contribution in [-0.2, 0) is 9.53 Å².